The van der Waals surface area contributed by atoms with E-state index in [9.17, 15) is 4.79 Å². The van der Waals surface area contributed by atoms with E-state index in [1.165, 1.54) is 31.1 Å². The Kier molecular flexibility index (Phi) is 5.82. The molecule has 148 valence electrons. The monoisotopic (exact) mass is 377 g/mol. The Balaban J connectivity index is 1.55. The topological polar surface area (TPSA) is 29.5 Å². The number of ether oxygens (including phenoxy) is 1. The zero-order chi connectivity index (χ0) is 19.5. The maximum absolute atomic E-state index is 12.2. The summed E-state index contributed by atoms with van der Waals surface area (Å²) in [5.41, 5.74) is 2.81. The third-order valence-corrected chi connectivity index (χ3v) is 7.09. The molecule has 4 rings (SSSR count). The Hall–Kier alpha value is -2.13. The van der Waals surface area contributed by atoms with Gasteiger partial charge in [-0.15, -0.1) is 0 Å². The van der Waals surface area contributed by atoms with E-state index < -0.39 is 0 Å². The van der Waals surface area contributed by atoms with Crippen LogP contribution in [0, 0.1) is 17.8 Å². The number of rotatable bonds is 6. The molecule has 2 aliphatic rings. The third kappa shape index (κ3) is 4.00. The van der Waals surface area contributed by atoms with Gasteiger partial charge in [0.2, 0.25) is 0 Å². The maximum Gasteiger partial charge on any atom is 0.305 e. The van der Waals surface area contributed by atoms with Crippen molar-refractivity contribution in [2.45, 2.75) is 44.2 Å². The van der Waals surface area contributed by atoms with Crippen molar-refractivity contribution in [3.05, 3.63) is 71.8 Å². The quantitative estimate of drug-likeness (QED) is 0.701. The molecule has 0 spiro atoms. The Morgan fingerprint density at radius 2 is 1.43 bits per heavy atom. The van der Waals surface area contributed by atoms with Gasteiger partial charge in [0.05, 0.1) is 13.5 Å². The Morgan fingerprint density at radius 1 is 0.893 bits per heavy atom. The summed E-state index contributed by atoms with van der Waals surface area (Å²) in [6.45, 7) is 0. The molecule has 2 bridgehead atoms. The minimum Gasteiger partial charge on any atom is -0.469 e. The molecule has 2 heterocycles. The van der Waals surface area contributed by atoms with Crippen LogP contribution in [0.4, 0.5) is 0 Å². The first-order valence-corrected chi connectivity index (χ1v) is 10.5. The van der Waals surface area contributed by atoms with Gasteiger partial charge in [-0.25, -0.2) is 0 Å². The van der Waals surface area contributed by atoms with Crippen LogP contribution in [0.3, 0.4) is 0 Å². The second-order valence-corrected chi connectivity index (χ2v) is 8.62. The molecule has 0 aromatic heterocycles. The van der Waals surface area contributed by atoms with Gasteiger partial charge in [-0.1, -0.05) is 60.7 Å². The molecular weight excluding hydrogens is 346 g/mol. The van der Waals surface area contributed by atoms with Crippen LogP contribution in [0.2, 0.25) is 0 Å². The molecule has 0 unspecified atom stereocenters. The number of carbonyl (C=O) groups excluding carboxylic acids is 1. The molecule has 2 fully saturated rings. The van der Waals surface area contributed by atoms with E-state index in [0.717, 1.165) is 12.8 Å². The van der Waals surface area contributed by atoms with E-state index in [1.54, 1.807) is 0 Å². The summed E-state index contributed by atoms with van der Waals surface area (Å²) >= 11 is 0. The van der Waals surface area contributed by atoms with Gasteiger partial charge in [0.25, 0.3) is 0 Å². The van der Waals surface area contributed by atoms with Gasteiger partial charge in [-0.05, 0) is 61.6 Å². The van der Waals surface area contributed by atoms with Gasteiger partial charge in [0, 0.05) is 12.1 Å². The van der Waals surface area contributed by atoms with Gasteiger partial charge in [-0.3, -0.25) is 9.69 Å². The Labute approximate surface area is 168 Å². The first-order chi connectivity index (χ1) is 13.7. The zero-order valence-electron chi connectivity index (χ0n) is 17.0. The largest absolute Gasteiger partial charge is 0.469 e. The number of hydrogen-bond donors (Lipinski definition) is 0. The van der Waals surface area contributed by atoms with Gasteiger partial charge >= 0.3 is 5.97 Å². The van der Waals surface area contributed by atoms with Crippen LogP contribution < -0.4 is 0 Å². The van der Waals surface area contributed by atoms with E-state index in [2.05, 4.69) is 72.6 Å². The number of carbonyl (C=O) groups is 1. The SMILES string of the molecule is COC(=O)C[C@@H]1[C@@H](Cc2ccccc2)C[C@@H]2[C@@H](Cc3ccccc3)C[C@H]1N2C. The van der Waals surface area contributed by atoms with Gasteiger partial charge < -0.3 is 4.74 Å². The van der Waals surface area contributed by atoms with E-state index in [-0.39, 0.29) is 5.97 Å². The summed E-state index contributed by atoms with van der Waals surface area (Å²) in [6.07, 6.45) is 5.08. The van der Waals surface area contributed by atoms with Gasteiger partial charge in [0.1, 0.15) is 0 Å². The molecule has 3 heteroatoms. The molecule has 2 aliphatic heterocycles. The molecule has 0 aliphatic carbocycles. The highest BCUT2D eigenvalue weighted by atomic mass is 16.5. The molecule has 28 heavy (non-hydrogen) atoms. The summed E-state index contributed by atoms with van der Waals surface area (Å²) < 4.78 is 5.06. The van der Waals surface area contributed by atoms with E-state index in [0.29, 0.717) is 36.3 Å². The van der Waals surface area contributed by atoms with E-state index >= 15 is 0 Å². The lowest BCUT2D eigenvalue weighted by molar-refractivity contribution is -0.143. The summed E-state index contributed by atoms with van der Waals surface area (Å²) in [7, 11) is 3.78. The molecule has 2 aromatic carbocycles. The second kappa shape index (κ2) is 8.48. The Morgan fingerprint density at radius 3 is 2.00 bits per heavy atom. The number of benzene rings is 2. The molecule has 3 nitrogen and oxygen atoms in total. The number of hydrogen-bond acceptors (Lipinski definition) is 3. The zero-order valence-corrected chi connectivity index (χ0v) is 17.0. The third-order valence-electron chi connectivity index (χ3n) is 7.09. The van der Waals surface area contributed by atoms with Crippen molar-refractivity contribution in [3.63, 3.8) is 0 Å². The minimum absolute atomic E-state index is 0.0681. The number of piperidine rings is 1. The van der Waals surface area contributed by atoms with Crippen LogP contribution in [0.15, 0.2) is 60.7 Å². The normalized spacial score (nSPS) is 29.6. The fourth-order valence-corrected chi connectivity index (χ4v) is 5.71. The summed E-state index contributed by atoms with van der Waals surface area (Å²) in [4.78, 5) is 14.8. The number of esters is 1. The van der Waals surface area contributed by atoms with Crippen LogP contribution >= 0.6 is 0 Å². The van der Waals surface area contributed by atoms with Crippen LogP contribution in [0.5, 0.6) is 0 Å². The smallest absolute Gasteiger partial charge is 0.305 e. The predicted octanol–water partition coefficient (Wildman–Crippen LogP) is 4.36. The Bertz CT molecular complexity index is 776. The lowest BCUT2D eigenvalue weighted by Gasteiger charge is -2.43. The lowest BCUT2D eigenvalue weighted by atomic mass is 9.75. The van der Waals surface area contributed by atoms with Crippen molar-refractivity contribution >= 4 is 5.97 Å². The highest BCUT2D eigenvalue weighted by Gasteiger charge is 2.50. The lowest BCUT2D eigenvalue weighted by Crippen LogP contribution is -2.48. The molecule has 5 atom stereocenters. The van der Waals surface area contributed by atoms with E-state index in [4.69, 9.17) is 4.74 Å². The van der Waals surface area contributed by atoms with Crippen LogP contribution in [0.25, 0.3) is 0 Å². The standard InChI is InChI=1S/C25H31NO2/c1-26-23-15-20(13-18-9-5-3-6-10-18)22(17-25(27)28-2)24(26)16-21(23)14-19-11-7-4-8-12-19/h3-12,20-24H,13-17H2,1-2H3/t20-,21-,22+,23+,24+/m0/s1. The molecule has 0 radical (unpaired) electrons. The highest BCUT2D eigenvalue weighted by molar-refractivity contribution is 5.69. The van der Waals surface area contributed by atoms with Crippen LogP contribution in [-0.2, 0) is 22.4 Å². The average Bonchev–Trinajstić information content (AvgIpc) is 2.93. The molecular formula is C25H31NO2. The van der Waals surface area contributed by atoms with Crippen molar-refractivity contribution in [3.8, 4) is 0 Å². The molecule has 0 N–H and O–H groups in total. The van der Waals surface area contributed by atoms with Crippen LogP contribution in [-0.4, -0.2) is 37.1 Å². The molecule has 0 saturated carbocycles. The first kappa shape index (κ1) is 19.2. The van der Waals surface area contributed by atoms with Crippen molar-refractivity contribution < 1.29 is 9.53 Å². The summed E-state index contributed by atoms with van der Waals surface area (Å²) in [6, 6.07) is 22.7. The van der Waals surface area contributed by atoms with Crippen molar-refractivity contribution in [1.29, 1.82) is 0 Å². The first-order valence-electron chi connectivity index (χ1n) is 10.5. The molecule has 2 saturated heterocycles. The molecule has 2 aromatic rings. The van der Waals surface area contributed by atoms with Crippen molar-refractivity contribution in [2.24, 2.45) is 17.8 Å². The fraction of sp³-hybridized carbons (Fsp3) is 0.480. The fourth-order valence-electron chi connectivity index (χ4n) is 5.71. The maximum atomic E-state index is 12.2. The summed E-state index contributed by atoms with van der Waals surface area (Å²) in [5.74, 6) is 1.50. The predicted molar refractivity (Wildman–Crippen MR) is 112 cm³/mol. The summed E-state index contributed by atoms with van der Waals surface area (Å²) in [5, 5.41) is 0. The van der Waals surface area contributed by atoms with Crippen molar-refractivity contribution in [1.82, 2.24) is 4.90 Å². The number of nitrogens with zero attached hydrogens (tertiary/aromatic N) is 1. The molecule has 0 amide bonds. The highest BCUT2D eigenvalue weighted by Crippen LogP contribution is 2.47. The van der Waals surface area contributed by atoms with Gasteiger partial charge in [-0.2, -0.15) is 0 Å². The van der Waals surface area contributed by atoms with Gasteiger partial charge in [0.15, 0.2) is 0 Å². The number of methoxy groups -OCH3 is 1. The number of fused-ring (bicyclic) bond motifs is 2. The van der Waals surface area contributed by atoms with Crippen molar-refractivity contribution in [2.75, 3.05) is 14.2 Å². The van der Waals surface area contributed by atoms with E-state index in [1.807, 2.05) is 0 Å². The average molecular weight is 378 g/mol. The van der Waals surface area contributed by atoms with Crippen LogP contribution in [0.1, 0.15) is 30.4 Å². The second-order valence-electron chi connectivity index (χ2n) is 8.62. The minimum atomic E-state index is -0.0681.